The topological polar surface area (TPSA) is 66.5 Å². The normalized spacial score (nSPS) is 27.0. The first-order valence-electron chi connectivity index (χ1n) is 10.3. The van der Waals surface area contributed by atoms with E-state index in [1.807, 2.05) is 42.5 Å². The quantitative estimate of drug-likeness (QED) is 0.488. The van der Waals surface area contributed by atoms with Gasteiger partial charge in [-0.2, -0.15) is 0 Å². The summed E-state index contributed by atoms with van der Waals surface area (Å²) in [5, 5.41) is 3.20. The highest BCUT2D eigenvalue weighted by molar-refractivity contribution is 9.10. The van der Waals surface area contributed by atoms with Crippen molar-refractivity contribution in [2.75, 3.05) is 5.32 Å². The van der Waals surface area contributed by atoms with E-state index in [4.69, 9.17) is 11.6 Å². The second kappa shape index (κ2) is 7.92. The lowest BCUT2D eigenvalue weighted by Gasteiger charge is -2.27. The van der Waals surface area contributed by atoms with Gasteiger partial charge in [0.2, 0.25) is 17.7 Å². The number of benzene rings is 2. The molecule has 2 aliphatic carbocycles. The first-order chi connectivity index (χ1) is 14.9. The van der Waals surface area contributed by atoms with E-state index >= 15 is 0 Å². The van der Waals surface area contributed by atoms with E-state index in [9.17, 15) is 14.4 Å². The number of carbonyl (C=O) groups excluding carboxylic acids is 3. The predicted molar refractivity (Wildman–Crippen MR) is 121 cm³/mol. The molecule has 5 nitrogen and oxygen atoms in total. The van der Waals surface area contributed by atoms with Crippen LogP contribution in [0.2, 0.25) is 5.02 Å². The molecule has 1 saturated carbocycles. The summed E-state index contributed by atoms with van der Waals surface area (Å²) in [6.45, 7) is 0. The molecule has 2 aromatic carbocycles. The van der Waals surface area contributed by atoms with Crippen molar-refractivity contribution >= 4 is 50.9 Å². The summed E-state index contributed by atoms with van der Waals surface area (Å²) >= 11 is 9.63. The van der Waals surface area contributed by atoms with E-state index in [0.717, 1.165) is 16.5 Å². The second-order valence-corrected chi connectivity index (χ2v) is 9.69. The van der Waals surface area contributed by atoms with E-state index in [0.29, 0.717) is 10.7 Å². The molecule has 0 spiro atoms. The van der Waals surface area contributed by atoms with Crippen LogP contribution < -0.4 is 5.32 Å². The van der Waals surface area contributed by atoms with Gasteiger partial charge in [0.1, 0.15) is 6.04 Å². The molecule has 3 amide bonds. The van der Waals surface area contributed by atoms with Crippen molar-refractivity contribution in [3.05, 3.63) is 75.7 Å². The van der Waals surface area contributed by atoms with E-state index in [1.54, 1.807) is 18.2 Å². The van der Waals surface area contributed by atoms with Crippen molar-refractivity contribution in [2.24, 2.45) is 23.7 Å². The van der Waals surface area contributed by atoms with Gasteiger partial charge in [-0.05, 0) is 42.0 Å². The van der Waals surface area contributed by atoms with E-state index in [2.05, 4.69) is 21.2 Å². The third-order valence-electron chi connectivity index (χ3n) is 6.58. The SMILES string of the molecule is O=C(Nc1ccc(Br)cc1Cl)C(Cc1ccccc1)N1C(=O)C2C3C=CC(C3)C2C1=O. The molecule has 2 fully saturated rings. The highest BCUT2D eigenvalue weighted by atomic mass is 79.9. The van der Waals surface area contributed by atoms with Crippen LogP contribution >= 0.6 is 27.5 Å². The first-order valence-corrected chi connectivity index (χ1v) is 11.5. The van der Waals surface area contributed by atoms with E-state index in [-0.39, 0.29) is 41.9 Å². The minimum atomic E-state index is -0.938. The number of nitrogens with zero attached hydrogens (tertiary/aromatic N) is 1. The van der Waals surface area contributed by atoms with Crippen molar-refractivity contribution in [3.8, 4) is 0 Å². The molecule has 0 aromatic heterocycles. The lowest BCUT2D eigenvalue weighted by atomic mass is 9.85. The minimum absolute atomic E-state index is 0.0952. The highest BCUT2D eigenvalue weighted by Crippen LogP contribution is 2.53. The first kappa shape index (κ1) is 20.5. The number of rotatable bonds is 5. The minimum Gasteiger partial charge on any atom is -0.323 e. The summed E-state index contributed by atoms with van der Waals surface area (Å²) in [5.74, 6) is -1.38. The molecule has 2 bridgehead atoms. The highest BCUT2D eigenvalue weighted by Gasteiger charge is 2.61. The van der Waals surface area contributed by atoms with Gasteiger partial charge in [0.15, 0.2) is 0 Å². The van der Waals surface area contributed by atoms with Crippen LogP contribution in [0.5, 0.6) is 0 Å². The number of amides is 3. The number of hydrogen-bond acceptors (Lipinski definition) is 3. The van der Waals surface area contributed by atoms with Gasteiger partial charge in [0.05, 0.1) is 22.5 Å². The summed E-state index contributed by atoms with van der Waals surface area (Å²) in [6.07, 6.45) is 5.20. The predicted octanol–water partition coefficient (Wildman–Crippen LogP) is 4.46. The van der Waals surface area contributed by atoms with Crippen LogP contribution in [0, 0.1) is 23.7 Å². The van der Waals surface area contributed by atoms with Gasteiger partial charge < -0.3 is 5.32 Å². The standard InChI is InChI=1S/C24H20BrClN2O3/c25-16-8-9-18(17(26)12-16)27-22(29)19(10-13-4-2-1-3-5-13)28-23(30)20-14-6-7-15(11-14)21(20)24(28)31/h1-9,12,14-15,19-21H,10-11H2,(H,27,29). The van der Waals surface area contributed by atoms with Gasteiger partial charge in [-0.3, -0.25) is 19.3 Å². The number of halogens is 2. The van der Waals surface area contributed by atoms with Gasteiger partial charge >= 0.3 is 0 Å². The molecule has 0 radical (unpaired) electrons. The fraction of sp³-hybridized carbons (Fsp3) is 0.292. The molecule has 5 unspecified atom stereocenters. The Balaban J connectivity index is 1.47. The Hall–Kier alpha value is -2.44. The molecule has 1 aliphatic heterocycles. The summed E-state index contributed by atoms with van der Waals surface area (Å²) in [4.78, 5) is 41.3. The maximum absolute atomic E-state index is 13.4. The molecule has 2 aromatic rings. The van der Waals surface area contributed by atoms with Crippen molar-refractivity contribution in [1.82, 2.24) is 4.90 Å². The van der Waals surface area contributed by atoms with Crippen molar-refractivity contribution in [2.45, 2.75) is 18.9 Å². The Bertz CT molecular complexity index is 1070. The molecule has 5 rings (SSSR count). The van der Waals surface area contributed by atoms with Crippen molar-refractivity contribution in [1.29, 1.82) is 0 Å². The third-order valence-corrected chi connectivity index (χ3v) is 7.39. The van der Waals surface area contributed by atoms with Gasteiger partial charge in [-0.25, -0.2) is 0 Å². The van der Waals surface area contributed by atoms with Crippen molar-refractivity contribution in [3.63, 3.8) is 0 Å². The maximum atomic E-state index is 13.4. The summed E-state index contributed by atoms with van der Waals surface area (Å²) in [5.41, 5.74) is 1.32. The number of fused-ring (bicyclic) bond motifs is 5. The molecule has 5 atom stereocenters. The average Bonchev–Trinajstić information content (AvgIpc) is 3.43. The third kappa shape index (κ3) is 3.52. The second-order valence-electron chi connectivity index (χ2n) is 8.37. The van der Waals surface area contributed by atoms with Crippen LogP contribution in [0.1, 0.15) is 12.0 Å². The summed E-state index contributed by atoms with van der Waals surface area (Å²) in [7, 11) is 0. The van der Waals surface area contributed by atoms with Crippen LogP contribution in [-0.4, -0.2) is 28.7 Å². The Labute approximate surface area is 193 Å². The van der Waals surface area contributed by atoms with Gasteiger partial charge in [-0.15, -0.1) is 0 Å². The monoisotopic (exact) mass is 498 g/mol. The Morgan fingerprint density at radius 3 is 2.32 bits per heavy atom. The van der Waals surface area contributed by atoms with Crippen LogP contribution in [0.3, 0.4) is 0 Å². The van der Waals surface area contributed by atoms with Crippen LogP contribution in [0.15, 0.2) is 65.2 Å². The molecular formula is C24H20BrClN2O3. The number of nitrogens with one attached hydrogen (secondary N) is 1. The Morgan fingerprint density at radius 1 is 1.06 bits per heavy atom. The van der Waals surface area contributed by atoms with Gasteiger partial charge in [0, 0.05) is 10.9 Å². The molecule has 1 N–H and O–H groups in total. The zero-order valence-electron chi connectivity index (χ0n) is 16.5. The number of carbonyl (C=O) groups is 3. The van der Waals surface area contributed by atoms with E-state index < -0.39 is 11.9 Å². The number of anilines is 1. The number of hydrogen-bond donors (Lipinski definition) is 1. The van der Waals surface area contributed by atoms with Crippen LogP contribution in [-0.2, 0) is 20.8 Å². The number of allylic oxidation sites excluding steroid dienone is 2. The number of imide groups is 1. The number of likely N-dealkylation sites (tertiary alicyclic amines) is 1. The Kier molecular flexibility index (Phi) is 5.22. The fourth-order valence-electron chi connectivity index (χ4n) is 5.18. The molecule has 158 valence electrons. The average molecular weight is 500 g/mol. The Morgan fingerprint density at radius 2 is 1.71 bits per heavy atom. The molecule has 1 heterocycles. The lowest BCUT2D eigenvalue weighted by Crippen LogP contribution is -2.49. The maximum Gasteiger partial charge on any atom is 0.248 e. The van der Waals surface area contributed by atoms with E-state index in [1.165, 1.54) is 4.90 Å². The lowest BCUT2D eigenvalue weighted by molar-refractivity contribution is -0.147. The largest absolute Gasteiger partial charge is 0.323 e. The summed E-state index contributed by atoms with van der Waals surface area (Å²) in [6, 6.07) is 13.6. The van der Waals surface area contributed by atoms with Crippen LogP contribution in [0.4, 0.5) is 5.69 Å². The van der Waals surface area contributed by atoms with Gasteiger partial charge in [0.25, 0.3) is 0 Å². The molecule has 31 heavy (non-hydrogen) atoms. The summed E-state index contributed by atoms with van der Waals surface area (Å²) < 4.78 is 0.789. The van der Waals surface area contributed by atoms with Crippen LogP contribution in [0.25, 0.3) is 0 Å². The molecule has 1 saturated heterocycles. The molecule has 7 heteroatoms. The smallest absolute Gasteiger partial charge is 0.248 e. The van der Waals surface area contributed by atoms with Crippen molar-refractivity contribution < 1.29 is 14.4 Å². The zero-order valence-corrected chi connectivity index (χ0v) is 18.8. The zero-order chi connectivity index (χ0) is 21.7. The van der Waals surface area contributed by atoms with Gasteiger partial charge in [-0.1, -0.05) is 70.0 Å². The molecule has 3 aliphatic rings. The fourth-order valence-corrected chi connectivity index (χ4v) is 5.90. The molecular weight excluding hydrogens is 480 g/mol.